The Balaban J connectivity index is 1.56. The first-order chi connectivity index (χ1) is 15.5. The van der Waals surface area contributed by atoms with E-state index in [2.05, 4.69) is 26.8 Å². The van der Waals surface area contributed by atoms with Crippen molar-refractivity contribution in [3.05, 3.63) is 66.9 Å². The van der Waals surface area contributed by atoms with Gasteiger partial charge in [0.2, 0.25) is 5.91 Å². The number of aryl methyl sites for hydroxylation is 1. The van der Waals surface area contributed by atoms with E-state index in [0.717, 1.165) is 33.2 Å². The van der Waals surface area contributed by atoms with Gasteiger partial charge in [0.25, 0.3) is 0 Å². The number of halogens is 1. The van der Waals surface area contributed by atoms with Crippen LogP contribution in [0.5, 0.6) is 0 Å². The molecule has 0 spiro atoms. The van der Waals surface area contributed by atoms with Crippen molar-refractivity contribution >= 4 is 28.3 Å². The summed E-state index contributed by atoms with van der Waals surface area (Å²) in [6, 6.07) is 5.62. The van der Waals surface area contributed by atoms with E-state index in [9.17, 15) is 14.3 Å². The molecule has 1 aliphatic carbocycles. The molecule has 162 valence electrons. The molecule has 1 saturated carbocycles. The van der Waals surface area contributed by atoms with E-state index in [1.807, 2.05) is 29.7 Å². The number of alkyl halides is 1. The van der Waals surface area contributed by atoms with Gasteiger partial charge in [-0.15, -0.1) is 6.58 Å². The summed E-state index contributed by atoms with van der Waals surface area (Å²) in [5.41, 5.74) is 4.90. The van der Waals surface area contributed by atoms with Crippen LogP contribution in [0.25, 0.3) is 27.7 Å². The van der Waals surface area contributed by atoms with Crippen LogP contribution in [0.2, 0.25) is 0 Å². The lowest BCUT2D eigenvalue weighted by atomic mass is 10.0. The summed E-state index contributed by atoms with van der Waals surface area (Å²) in [5.74, 6) is -0.544. The minimum Gasteiger partial charge on any atom is -0.386 e. The topological polar surface area (TPSA) is 92.4 Å². The zero-order valence-corrected chi connectivity index (χ0v) is 17.5. The number of imidazole rings is 1. The molecule has 7 nitrogen and oxygen atoms in total. The average Bonchev–Trinajstić information content (AvgIpc) is 3.30. The van der Waals surface area contributed by atoms with Crippen LogP contribution in [0, 0.1) is 12.8 Å². The Morgan fingerprint density at radius 1 is 1.31 bits per heavy atom. The normalized spacial score (nSPS) is 18.6. The third-order valence-electron chi connectivity index (χ3n) is 5.81. The van der Waals surface area contributed by atoms with Crippen molar-refractivity contribution in [2.75, 3.05) is 5.32 Å². The smallest absolute Gasteiger partial charge is 0.231 e. The van der Waals surface area contributed by atoms with Crippen molar-refractivity contribution < 1.29 is 14.3 Å². The van der Waals surface area contributed by atoms with E-state index in [1.165, 1.54) is 0 Å². The molecule has 3 unspecified atom stereocenters. The number of hydrogen-bond donors (Lipinski definition) is 2. The van der Waals surface area contributed by atoms with Gasteiger partial charge in [-0.05, 0) is 37.5 Å². The summed E-state index contributed by atoms with van der Waals surface area (Å²) in [5, 5.41) is 13.8. The highest BCUT2D eigenvalue weighted by molar-refractivity contribution is 5.97. The molecule has 1 aliphatic rings. The third kappa shape index (κ3) is 3.52. The van der Waals surface area contributed by atoms with Gasteiger partial charge in [0, 0.05) is 47.4 Å². The van der Waals surface area contributed by atoms with Crippen LogP contribution in [0.1, 0.15) is 30.2 Å². The summed E-state index contributed by atoms with van der Waals surface area (Å²) < 4.78 is 15.1. The number of carbonyl (C=O) groups is 1. The highest BCUT2D eigenvalue weighted by atomic mass is 19.1. The Kier molecular flexibility index (Phi) is 4.94. The van der Waals surface area contributed by atoms with Crippen LogP contribution < -0.4 is 5.32 Å². The zero-order valence-electron chi connectivity index (χ0n) is 17.5. The highest BCUT2D eigenvalue weighted by Gasteiger charge is 2.43. The Labute approximate surface area is 183 Å². The molecule has 1 amide bonds. The molecule has 8 heteroatoms. The van der Waals surface area contributed by atoms with Gasteiger partial charge in [0.05, 0.1) is 23.2 Å². The van der Waals surface area contributed by atoms with Crippen LogP contribution in [0.4, 0.5) is 10.2 Å². The Morgan fingerprint density at radius 3 is 2.84 bits per heavy atom. The molecule has 1 fully saturated rings. The first-order valence-electron chi connectivity index (χ1n) is 10.4. The number of aromatic nitrogens is 4. The molecular weight excluding hydrogens is 409 g/mol. The molecule has 0 bridgehead atoms. The minimum atomic E-state index is -1.06. The van der Waals surface area contributed by atoms with Crippen LogP contribution in [-0.2, 0) is 4.79 Å². The average molecular weight is 431 g/mol. The molecule has 5 rings (SSSR count). The quantitative estimate of drug-likeness (QED) is 0.447. The Morgan fingerprint density at radius 2 is 2.12 bits per heavy atom. The third-order valence-corrected chi connectivity index (χ3v) is 5.81. The molecule has 0 radical (unpaired) electrons. The number of pyridine rings is 3. The van der Waals surface area contributed by atoms with E-state index in [0.29, 0.717) is 17.9 Å². The van der Waals surface area contributed by atoms with Crippen molar-refractivity contribution in [1.82, 2.24) is 19.4 Å². The standard InChI is InChI=1S/C24H22FN5O2/c1-3-4-21(31)19-7-13(2)17(12-27-19)15-8-14-11-28-22(29-24(32)16-9-18(16)25)10-20(14)30-6-5-26-23(15)30/h3,5-8,10-12,16,18,21,31H,1,4,9H2,2H3,(H,28,29,32). The molecule has 4 heterocycles. The van der Waals surface area contributed by atoms with E-state index in [4.69, 9.17) is 0 Å². The van der Waals surface area contributed by atoms with Gasteiger partial charge in [-0.25, -0.2) is 14.4 Å². The SMILES string of the molecule is C=CCC(O)c1cc(C)c(-c2cc3cnc(NC(=O)C4CC4F)cc3n3ccnc23)cn1. The van der Waals surface area contributed by atoms with E-state index in [1.54, 1.807) is 30.7 Å². The van der Waals surface area contributed by atoms with E-state index in [-0.39, 0.29) is 12.3 Å². The lowest BCUT2D eigenvalue weighted by Crippen LogP contribution is -2.16. The first kappa shape index (κ1) is 20.3. The second kappa shape index (κ2) is 7.80. The number of aliphatic hydroxyl groups excluding tert-OH is 1. The van der Waals surface area contributed by atoms with Crippen molar-refractivity contribution in [3.8, 4) is 11.1 Å². The second-order valence-electron chi connectivity index (χ2n) is 8.12. The first-order valence-corrected chi connectivity index (χ1v) is 10.4. The van der Waals surface area contributed by atoms with Crippen molar-refractivity contribution in [2.24, 2.45) is 5.92 Å². The summed E-state index contributed by atoms with van der Waals surface area (Å²) in [4.78, 5) is 25.4. The number of amides is 1. The van der Waals surface area contributed by atoms with Crippen molar-refractivity contribution in [2.45, 2.75) is 32.0 Å². The number of carbonyl (C=O) groups excluding carboxylic acids is 1. The second-order valence-corrected chi connectivity index (χ2v) is 8.12. The Hall–Kier alpha value is -3.65. The number of nitrogens with one attached hydrogen (secondary N) is 1. The number of nitrogens with zero attached hydrogens (tertiary/aromatic N) is 4. The minimum absolute atomic E-state index is 0.269. The van der Waals surface area contributed by atoms with Gasteiger partial charge in [-0.2, -0.15) is 0 Å². The maximum atomic E-state index is 13.2. The summed E-state index contributed by atoms with van der Waals surface area (Å²) in [7, 11) is 0. The predicted molar refractivity (Wildman–Crippen MR) is 120 cm³/mol. The lowest BCUT2D eigenvalue weighted by Gasteiger charge is -2.14. The Bertz CT molecular complexity index is 1370. The number of fused-ring (bicyclic) bond motifs is 3. The molecule has 4 aromatic heterocycles. The molecule has 0 saturated heterocycles. The lowest BCUT2D eigenvalue weighted by molar-refractivity contribution is -0.117. The molecule has 3 atom stereocenters. The van der Waals surface area contributed by atoms with Gasteiger partial charge >= 0.3 is 0 Å². The van der Waals surface area contributed by atoms with Crippen molar-refractivity contribution in [3.63, 3.8) is 0 Å². The fourth-order valence-corrected chi connectivity index (χ4v) is 3.93. The van der Waals surface area contributed by atoms with Crippen LogP contribution in [0.15, 0.2) is 55.6 Å². The fourth-order valence-electron chi connectivity index (χ4n) is 3.93. The monoisotopic (exact) mass is 431 g/mol. The van der Waals surface area contributed by atoms with Crippen LogP contribution >= 0.6 is 0 Å². The number of aliphatic hydroxyl groups is 1. The van der Waals surface area contributed by atoms with Gasteiger partial charge < -0.3 is 10.4 Å². The van der Waals surface area contributed by atoms with Gasteiger partial charge in [-0.3, -0.25) is 14.2 Å². The van der Waals surface area contributed by atoms with Crippen molar-refractivity contribution in [1.29, 1.82) is 0 Å². The molecular formula is C24H22FN5O2. The summed E-state index contributed by atoms with van der Waals surface area (Å²) >= 11 is 0. The molecule has 0 aromatic carbocycles. The highest BCUT2D eigenvalue weighted by Crippen LogP contribution is 2.35. The van der Waals surface area contributed by atoms with Gasteiger partial charge in [0.1, 0.15) is 17.6 Å². The summed E-state index contributed by atoms with van der Waals surface area (Å²) in [6.45, 7) is 5.63. The van der Waals surface area contributed by atoms with Crippen LogP contribution in [0.3, 0.4) is 0 Å². The molecule has 0 aliphatic heterocycles. The number of hydrogen-bond acceptors (Lipinski definition) is 5. The number of anilines is 1. The maximum Gasteiger partial charge on any atom is 0.231 e. The van der Waals surface area contributed by atoms with Crippen LogP contribution in [-0.4, -0.2) is 36.5 Å². The largest absolute Gasteiger partial charge is 0.386 e. The van der Waals surface area contributed by atoms with E-state index < -0.39 is 18.2 Å². The molecule has 32 heavy (non-hydrogen) atoms. The number of rotatable bonds is 6. The predicted octanol–water partition coefficient (Wildman–Crippen LogP) is 4.16. The van der Waals surface area contributed by atoms with Gasteiger partial charge in [-0.1, -0.05) is 6.08 Å². The van der Waals surface area contributed by atoms with Gasteiger partial charge in [0.15, 0.2) is 0 Å². The zero-order chi connectivity index (χ0) is 22.4. The maximum absolute atomic E-state index is 13.2. The fraction of sp³-hybridized carbons (Fsp3) is 0.250. The van der Waals surface area contributed by atoms with E-state index >= 15 is 0 Å². The molecule has 2 N–H and O–H groups in total. The molecule has 4 aromatic rings. The summed E-state index contributed by atoms with van der Waals surface area (Å²) in [6.07, 6.45) is 7.60.